The zero-order valence-electron chi connectivity index (χ0n) is 13.3. The van der Waals surface area contributed by atoms with Gasteiger partial charge in [-0.1, -0.05) is 71.4 Å². The Balaban J connectivity index is 2.14. The summed E-state index contributed by atoms with van der Waals surface area (Å²) >= 11 is 0. The normalized spacial score (nSPS) is 34.9. The quantitative estimate of drug-likeness (QED) is 0.645. The SMILES string of the molecule is CC(C)CCC1C(C)C(C)C(c2ccccc2)C1C. The molecular weight excluding hydrogens is 228 g/mol. The Morgan fingerprint density at radius 3 is 2.11 bits per heavy atom. The number of rotatable bonds is 4. The van der Waals surface area contributed by atoms with Crippen LogP contribution in [0.2, 0.25) is 0 Å². The first-order valence-corrected chi connectivity index (χ1v) is 8.07. The van der Waals surface area contributed by atoms with Crippen molar-refractivity contribution in [2.75, 3.05) is 0 Å². The second-order valence-corrected chi connectivity index (χ2v) is 7.15. The summed E-state index contributed by atoms with van der Waals surface area (Å²) in [6, 6.07) is 11.2. The van der Waals surface area contributed by atoms with Crippen LogP contribution in [-0.4, -0.2) is 0 Å². The minimum atomic E-state index is 0.758. The molecule has 0 aromatic heterocycles. The van der Waals surface area contributed by atoms with Crippen molar-refractivity contribution in [3.8, 4) is 0 Å². The third-order valence-electron chi connectivity index (χ3n) is 5.57. The van der Waals surface area contributed by atoms with Crippen molar-refractivity contribution >= 4 is 0 Å². The monoisotopic (exact) mass is 258 g/mol. The summed E-state index contributed by atoms with van der Waals surface area (Å²) in [4.78, 5) is 0. The summed E-state index contributed by atoms with van der Waals surface area (Å²) in [6.45, 7) is 12.1. The van der Waals surface area contributed by atoms with E-state index in [1.54, 1.807) is 5.56 Å². The molecule has 1 saturated carbocycles. The van der Waals surface area contributed by atoms with Gasteiger partial charge >= 0.3 is 0 Å². The van der Waals surface area contributed by atoms with Gasteiger partial charge in [-0.2, -0.15) is 0 Å². The molecule has 1 fully saturated rings. The van der Waals surface area contributed by atoms with Gasteiger partial charge in [0.1, 0.15) is 0 Å². The fraction of sp³-hybridized carbons (Fsp3) is 0.684. The van der Waals surface area contributed by atoms with Crippen molar-refractivity contribution in [2.45, 2.75) is 53.4 Å². The molecule has 1 aromatic rings. The lowest BCUT2D eigenvalue weighted by atomic mass is 9.82. The molecule has 0 saturated heterocycles. The second kappa shape index (κ2) is 6.11. The zero-order chi connectivity index (χ0) is 14.0. The lowest BCUT2D eigenvalue weighted by Crippen LogP contribution is -2.14. The van der Waals surface area contributed by atoms with Crippen LogP contribution in [0.3, 0.4) is 0 Å². The first-order valence-electron chi connectivity index (χ1n) is 8.07. The molecule has 0 aliphatic heterocycles. The Kier molecular flexibility index (Phi) is 4.71. The van der Waals surface area contributed by atoms with Gasteiger partial charge in [-0.25, -0.2) is 0 Å². The van der Waals surface area contributed by atoms with E-state index in [4.69, 9.17) is 0 Å². The number of hydrogen-bond donors (Lipinski definition) is 0. The largest absolute Gasteiger partial charge is 0.0628 e. The maximum Gasteiger partial charge on any atom is -0.0105 e. The van der Waals surface area contributed by atoms with Crippen molar-refractivity contribution in [3.05, 3.63) is 35.9 Å². The van der Waals surface area contributed by atoms with Crippen LogP contribution in [0.5, 0.6) is 0 Å². The third-order valence-corrected chi connectivity index (χ3v) is 5.57. The Morgan fingerprint density at radius 2 is 1.53 bits per heavy atom. The zero-order valence-corrected chi connectivity index (χ0v) is 13.3. The highest BCUT2D eigenvalue weighted by molar-refractivity contribution is 5.23. The molecule has 2 rings (SSSR count). The number of hydrogen-bond acceptors (Lipinski definition) is 0. The average molecular weight is 258 g/mol. The molecule has 0 radical (unpaired) electrons. The molecule has 5 atom stereocenters. The van der Waals surface area contributed by atoms with Crippen molar-refractivity contribution in [1.29, 1.82) is 0 Å². The van der Waals surface area contributed by atoms with Gasteiger partial charge in [-0.15, -0.1) is 0 Å². The number of benzene rings is 1. The summed E-state index contributed by atoms with van der Waals surface area (Å²) in [5.41, 5.74) is 1.56. The highest BCUT2D eigenvalue weighted by Crippen LogP contribution is 2.52. The summed E-state index contributed by atoms with van der Waals surface area (Å²) < 4.78 is 0. The van der Waals surface area contributed by atoms with E-state index in [1.807, 2.05) is 0 Å². The van der Waals surface area contributed by atoms with Crippen LogP contribution >= 0.6 is 0 Å². The molecule has 1 aliphatic carbocycles. The molecular formula is C19H30. The summed E-state index contributed by atoms with van der Waals surface area (Å²) in [6.07, 6.45) is 2.79. The van der Waals surface area contributed by atoms with E-state index in [9.17, 15) is 0 Å². The van der Waals surface area contributed by atoms with Crippen LogP contribution < -0.4 is 0 Å². The molecule has 0 heterocycles. The smallest absolute Gasteiger partial charge is 0.0105 e. The fourth-order valence-electron chi connectivity index (χ4n) is 4.27. The highest BCUT2D eigenvalue weighted by Gasteiger charge is 2.43. The highest BCUT2D eigenvalue weighted by atomic mass is 14.5. The first kappa shape index (κ1) is 14.6. The summed E-state index contributed by atoms with van der Waals surface area (Å²) in [7, 11) is 0. The lowest BCUT2D eigenvalue weighted by molar-refractivity contribution is 0.282. The van der Waals surface area contributed by atoms with E-state index in [0.29, 0.717) is 0 Å². The fourth-order valence-corrected chi connectivity index (χ4v) is 4.27. The van der Waals surface area contributed by atoms with Gasteiger partial charge < -0.3 is 0 Å². The Bertz CT molecular complexity index is 378. The van der Waals surface area contributed by atoms with E-state index in [0.717, 1.165) is 35.5 Å². The molecule has 0 N–H and O–H groups in total. The van der Waals surface area contributed by atoms with Gasteiger partial charge in [0.2, 0.25) is 0 Å². The third kappa shape index (κ3) is 3.04. The van der Waals surface area contributed by atoms with Crippen LogP contribution in [0.4, 0.5) is 0 Å². The Labute approximate surface area is 119 Å². The maximum atomic E-state index is 2.49. The molecule has 0 spiro atoms. The van der Waals surface area contributed by atoms with Gasteiger partial charge in [0.05, 0.1) is 0 Å². The van der Waals surface area contributed by atoms with E-state index >= 15 is 0 Å². The van der Waals surface area contributed by atoms with Crippen molar-refractivity contribution in [3.63, 3.8) is 0 Å². The molecule has 5 unspecified atom stereocenters. The molecule has 1 aromatic carbocycles. The molecule has 19 heavy (non-hydrogen) atoms. The van der Waals surface area contributed by atoms with Crippen molar-refractivity contribution in [2.24, 2.45) is 29.6 Å². The second-order valence-electron chi connectivity index (χ2n) is 7.15. The first-order chi connectivity index (χ1) is 9.02. The van der Waals surface area contributed by atoms with Crippen LogP contribution in [0.25, 0.3) is 0 Å². The van der Waals surface area contributed by atoms with Gasteiger partial charge in [0.25, 0.3) is 0 Å². The Hall–Kier alpha value is -0.780. The van der Waals surface area contributed by atoms with Crippen LogP contribution in [0.1, 0.15) is 58.9 Å². The van der Waals surface area contributed by atoms with Crippen LogP contribution in [0.15, 0.2) is 30.3 Å². The van der Waals surface area contributed by atoms with Crippen molar-refractivity contribution < 1.29 is 0 Å². The van der Waals surface area contributed by atoms with E-state index in [2.05, 4.69) is 65.0 Å². The topological polar surface area (TPSA) is 0 Å². The molecule has 0 heteroatoms. The molecule has 0 bridgehead atoms. The predicted molar refractivity (Wildman–Crippen MR) is 84.2 cm³/mol. The standard InChI is InChI=1S/C19H30/c1-13(2)11-12-18-14(3)15(4)19(16(18)5)17-9-7-6-8-10-17/h6-10,13-16,18-19H,11-12H2,1-5H3. The molecule has 1 aliphatic rings. The van der Waals surface area contributed by atoms with E-state index in [-0.39, 0.29) is 0 Å². The molecule has 0 amide bonds. The van der Waals surface area contributed by atoms with Crippen LogP contribution in [0, 0.1) is 29.6 Å². The van der Waals surface area contributed by atoms with Gasteiger partial charge in [-0.3, -0.25) is 0 Å². The maximum absolute atomic E-state index is 2.49. The molecule has 0 nitrogen and oxygen atoms in total. The van der Waals surface area contributed by atoms with E-state index < -0.39 is 0 Å². The average Bonchev–Trinajstić information content (AvgIpc) is 2.59. The minimum Gasteiger partial charge on any atom is -0.0628 e. The minimum absolute atomic E-state index is 0.758. The van der Waals surface area contributed by atoms with E-state index in [1.165, 1.54) is 12.8 Å². The summed E-state index contributed by atoms with van der Waals surface area (Å²) in [5.74, 6) is 5.00. The Morgan fingerprint density at radius 1 is 0.895 bits per heavy atom. The van der Waals surface area contributed by atoms with Gasteiger partial charge in [0.15, 0.2) is 0 Å². The van der Waals surface area contributed by atoms with Gasteiger partial charge in [-0.05, 0) is 47.5 Å². The van der Waals surface area contributed by atoms with Crippen LogP contribution in [-0.2, 0) is 0 Å². The summed E-state index contributed by atoms with van der Waals surface area (Å²) in [5, 5.41) is 0. The molecule has 106 valence electrons. The van der Waals surface area contributed by atoms with Crippen molar-refractivity contribution in [1.82, 2.24) is 0 Å². The predicted octanol–water partition coefficient (Wildman–Crippen LogP) is 5.74. The van der Waals surface area contributed by atoms with Gasteiger partial charge in [0, 0.05) is 0 Å². The lowest BCUT2D eigenvalue weighted by Gasteiger charge is -2.23.